The van der Waals surface area contributed by atoms with Gasteiger partial charge in [-0.1, -0.05) is 18.2 Å². The number of nitrogens with one attached hydrogen (secondary N) is 1. The van der Waals surface area contributed by atoms with E-state index in [1.54, 1.807) is 36.4 Å². The summed E-state index contributed by atoms with van der Waals surface area (Å²) in [6, 6.07) is 11.3. The van der Waals surface area contributed by atoms with Gasteiger partial charge in [0.2, 0.25) is 0 Å². The number of benzene rings is 2. The topological polar surface area (TPSA) is 86.6 Å². The number of carbonyl (C=O) groups excluding carboxylic acids is 1. The minimum Gasteiger partial charge on any atom is -0.507 e. The maximum atomic E-state index is 12.1. The Morgan fingerprint density at radius 3 is 2.52 bits per heavy atom. The van der Waals surface area contributed by atoms with Crippen molar-refractivity contribution < 1.29 is 19.8 Å². The first kappa shape index (κ1) is 15.3. The number of rotatable bonds is 4. The van der Waals surface area contributed by atoms with Crippen LogP contribution in [0.2, 0.25) is 0 Å². The Balaban J connectivity index is 2.23. The number of halogens is 1. The lowest BCUT2D eigenvalue weighted by Gasteiger charge is -2.10. The van der Waals surface area contributed by atoms with Crippen molar-refractivity contribution in [3.8, 4) is 5.75 Å². The van der Waals surface area contributed by atoms with Gasteiger partial charge in [-0.2, -0.15) is 0 Å². The maximum Gasteiger partial charge on any atom is 0.307 e. The van der Waals surface area contributed by atoms with E-state index in [9.17, 15) is 14.7 Å². The first-order chi connectivity index (χ1) is 9.97. The standard InChI is InChI=1S/C15H12INO4/c16-11-6-5-10(7-13(11)18)15(21)17-12-4-2-1-3-9(12)8-14(19)20/h1-7,18H,8H2,(H,17,21)(H,19,20). The summed E-state index contributed by atoms with van der Waals surface area (Å²) in [4.78, 5) is 23.0. The highest BCUT2D eigenvalue weighted by atomic mass is 127. The van der Waals surface area contributed by atoms with Gasteiger partial charge < -0.3 is 15.5 Å². The van der Waals surface area contributed by atoms with Crippen LogP contribution >= 0.6 is 22.6 Å². The Bertz CT molecular complexity index is 700. The van der Waals surface area contributed by atoms with E-state index < -0.39 is 11.9 Å². The number of carboxylic acids is 1. The Labute approximate surface area is 134 Å². The van der Waals surface area contributed by atoms with Crippen LogP contribution in [0.4, 0.5) is 5.69 Å². The van der Waals surface area contributed by atoms with E-state index in [-0.39, 0.29) is 12.2 Å². The Morgan fingerprint density at radius 1 is 1.14 bits per heavy atom. The largest absolute Gasteiger partial charge is 0.507 e. The molecular weight excluding hydrogens is 385 g/mol. The van der Waals surface area contributed by atoms with E-state index in [1.807, 2.05) is 22.6 Å². The molecule has 2 aromatic carbocycles. The van der Waals surface area contributed by atoms with Crippen molar-refractivity contribution in [2.24, 2.45) is 0 Å². The molecule has 0 aromatic heterocycles. The molecule has 2 rings (SSSR count). The number of hydrogen-bond acceptors (Lipinski definition) is 3. The highest BCUT2D eigenvalue weighted by molar-refractivity contribution is 14.1. The van der Waals surface area contributed by atoms with Gasteiger partial charge >= 0.3 is 5.97 Å². The van der Waals surface area contributed by atoms with E-state index in [0.29, 0.717) is 20.4 Å². The number of carboxylic acid groups (broad SMARTS) is 1. The van der Waals surface area contributed by atoms with Crippen molar-refractivity contribution in [1.29, 1.82) is 0 Å². The fourth-order valence-electron chi connectivity index (χ4n) is 1.81. The summed E-state index contributed by atoms with van der Waals surface area (Å²) in [5, 5.41) is 21.1. The molecular formula is C15H12INO4. The SMILES string of the molecule is O=C(O)Cc1ccccc1NC(=O)c1ccc(I)c(O)c1. The molecule has 0 bridgehead atoms. The molecule has 3 N–H and O–H groups in total. The highest BCUT2D eigenvalue weighted by Crippen LogP contribution is 2.22. The van der Waals surface area contributed by atoms with E-state index in [4.69, 9.17) is 5.11 Å². The summed E-state index contributed by atoms with van der Waals surface area (Å²) in [6.07, 6.45) is -0.172. The average molecular weight is 397 g/mol. The summed E-state index contributed by atoms with van der Waals surface area (Å²) in [5.41, 5.74) is 1.27. The number of carbonyl (C=O) groups is 2. The van der Waals surface area contributed by atoms with E-state index in [0.717, 1.165) is 0 Å². The van der Waals surface area contributed by atoms with E-state index in [2.05, 4.69) is 5.32 Å². The minimum atomic E-state index is -0.969. The predicted molar refractivity (Wildman–Crippen MR) is 86.6 cm³/mol. The molecule has 0 aliphatic heterocycles. The summed E-state index contributed by atoms with van der Waals surface area (Å²) < 4.78 is 0.649. The maximum absolute atomic E-state index is 12.1. The number of aromatic hydroxyl groups is 1. The molecule has 2 aromatic rings. The number of amides is 1. The van der Waals surface area contributed by atoms with Crippen molar-refractivity contribution in [2.75, 3.05) is 5.32 Å². The van der Waals surface area contributed by atoms with Crippen molar-refractivity contribution in [1.82, 2.24) is 0 Å². The Hall–Kier alpha value is -2.09. The van der Waals surface area contributed by atoms with Crippen molar-refractivity contribution in [3.63, 3.8) is 0 Å². The molecule has 0 aliphatic rings. The first-order valence-electron chi connectivity index (χ1n) is 6.07. The number of hydrogen-bond donors (Lipinski definition) is 3. The predicted octanol–water partition coefficient (Wildman–Crippen LogP) is 2.88. The lowest BCUT2D eigenvalue weighted by Crippen LogP contribution is -2.14. The van der Waals surface area contributed by atoms with Crippen LogP contribution in [0, 0.1) is 3.57 Å². The van der Waals surface area contributed by atoms with Crippen LogP contribution < -0.4 is 5.32 Å². The number of para-hydroxylation sites is 1. The number of phenols is 1. The summed E-state index contributed by atoms with van der Waals surface area (Å²) in [7, 11) is 0. The molecule has 0 fully saturated rings. The smallest absolute Gasteiger partial charge is 0.307 e. The van der Waals surface area contributed by atoms with Crippen LogP contribution in [-0.4, -0.2) is 22.1 Å². The minimum absolute atomic E-state index is 0.0297. The lowest BCUT2D eigenvalue weighted by atomic mass is 10.1. The third kappa shape index (κ3) is 3.94. The van der Waals surface area contributed by atoms with Crippen LogP contribution in [0.25, 0.3) is 0 Å². The quantitative estimate of drug-likeness (QED) is 0.693. The molecule has 5 nitrogen and oxygen atoms in total. The second-order valence-electron chi connectivity index (χ2n) is 4.35. The molecule has 0 saturated heterocycles. The number of anilines is 1. The van der Waals surface area contributed by atoms with Crippen LogP contribution in [-0.2, 0) is 11.2 Å². The molecule has 21 heavy (non-hydrogen) atoms. The fraction of sp³-hybridized carbons (Fsp3) is 0.0667. The van der Waals surface area contributed by atoms with Crippen LogP contribution in [0.1, 0.15) is 15.9 Å². The van der Waals surface area contributed by atoms with Crippen LogP contribution in [0.15, 0.2) is 42.5 Å². The van der Waals surface area contributed by atoms with Gasteiger partial charge in [-0.3, -0.25) is 9.59 Å². The first-order valence-corrected chi connectivity index (χ1v) is 7.15. The Kier molecular flexibility index (Phi) is 4.79. The molecule has 0 heterocycles. The van der Waals surface area contributed by atoms with Gasteiger partial charge in [0.15, 0.2) is 0 Å². The highest BCUT2D eigenvalue weighted by Gasteiger charge is 2.12. The second kappa shape index (κ2) is 6.57. The van der Waals surface area contributed by atoms with Gasteiger partial charge in [0, 0.05) is 11.3 Å². The third-order valence-corrected chi connectivity index (χ3v) is 3.73. The van der Waals surface area contributed by atoms with Crippen LogP contribution in [0.3, 0.4) is 0 Å². The van der Waals surface area contributed by atoms with Gasteiger partial charge in [-0.25, -0.2) is 0 Å². The third-order valence-electron chi connectivity index (χ3n) is 2.82. The van der Waals surface area contributed by atoms with Crippen molar-refractivity contribution >= 4 is 40.2 Å². The average Bonchev–Trinajstić information content (AvgIpc) is 2.43. The number of phenolic OH excluding ortho intramolecular Hbond substituents is 1. The molecule has 0 saturated carbocycles. The molecule has 0 unspecified atom stereocenters. The molecule has 1 amide bonds. The van der Waals surface area contributed by atoms with Gasteiger partial charge in [-0.05, 0) is 52.4 Å². The van der Waals surface area contributed by atoms with E-state index >= 15 is 0 Å². The molecule has 0 aliphatic carbocycles. The zero-order valence-electron chi connectivity index (χ0n) is 10.8. The monoisotopic (exact) mass is 397 g/mol. The normalized spacial score (nSPS) is 10.1. The Morgan fingerprint density at radius 2 is 1.86 bits per heavy atom. The summed E-state index contributed by atoms with van der Waals surface area (Å²) in [5.74, 6) is -1.34. The lowest BCUT2D eigenvalue weighted by molar-refractivity contribution is -0.136. The second-order valence-corrected chi connectivity index (χ2v) is 5.51. The number of aliphatic carboxylic acids is 1. The molecule has 108 valence electrons. The molecule has 6 heteroatoms. The van der Waals surface area contributed by atoms with Crippen molar-refractivity contribution in [2.45, 2.75) is 6.42 Å². The zero-order valence-corrected chi connectivity index (χ0v) is 13.0. The fourth-order valence-corrected chi connectivity index (χ4v) is 2.14. The van der Waals surface area contributed by atoms with Gasteiger partial charge in [0.05, 0.1) is 9.99 Å². The molecule has 0 spiro atoms. The van der Waals surface area contributed by atoms with E-state index in [1.165, 1.54) is 6.07 Å². The van der Waals surface area contributed by atoms with Gasteiger partial charge in [-0.15, -0.1) is 0 Å². The van der Waals surface area contributed by atoms with Gasteiger partial charge in [0.25, 0.3) is 5.91 Å². The zero-order chi connectivity index (χ0) is 15.4. The summed E-state index contributed by atoms with van der Waals surface area (Å²) >= 11 is 1.96. The molecule has 0 atom stereocenters. The van der Waals surface area contributed by atoms with Gasteiger partial charge in [0.1, 0.15) is 5.75 Å². The van der Waals surface area contributed by atoms with Crippen LogP contribution in [0.5, 0.6) is 5.75 Å². The van der Waals surface area contributed by atoms with Crippen molar-refractivity contribution in [3.05, 3.63) is 57.2 Å². The molecule has 0 radical (unpaired) electrons. The summed E-state index contributed by atoms with van der Waals surface area (Å²) in [6.45, 7) is 0.